The van der Waals surface area contributed by atoms with Gasteiger partial charge in [-0.3, -0.25) is 4.90 Å². The van der Waals surface area contributed by atoms with Gasteiger partial charge in [-0.25, -0.2) is 4.79 Å². The lowest BCUT2D eigenvalue weighted by atomic mass is 10.1. The zero-order chi connectivity index (χ0) is 14.8. The first-order valence-electron chi connectivity index (χ1n) is 7.26. The Bertz CT molecular complexity index is 649. The summed E-state index contributed by atoms with van der Waals surface area (Å²) in [5.41, 5.74) is 0.915. The molecule has 1 aliphatic rings. The van der Waals surface area contributed by atoms with Gasteiger partial charge in [-0.2, -0.15) is 0 Å². The maximum absolute atomic E-state index is 11.6. The van der Waals surface area contributed by atoms with Gasteiger partial charge in [0.15, 0.2) is 0 Å². The fraction of sp³-hybridized carbons (Fsp3) is 0.438. The molecule has 1 saturated heterocycles. The fourth-order valence-electron chi connectivity index (χ4n) is 2.90. The Morgan fingerprint density at radius 2 is 2.24 bits per heavy atom. The van der Waals surface area contributed by atoms with Crippen molar-refractivity contribution in [1.29, 1.82) is 0 Å². The van der Waals surface area contributed by atoms with E-state index in [-0.39, 0.29) is 5.56 Å². The Hall–Kier alpha value is -1.85. The first-order chi connectivity index (χ1) is 10.2. The van der Waals surface area contributed by atoms with E-state index >= 15 is 0 Å². The molecule has 21 heavy (non-hydrogen) atoms. The number of carboxylic acids is 1. The number of ether oxygens (including phenoxy) is 1. The van der Waals surface area contributed by atoms with Crippen LogP contribution in [0.2, 0.25) is 0 Å². The van der Waals surface area contributed by atoms with Crippen molar-refractivity contribution < 1.29 is 19.1 Å². The van der Waals surface area contributed by atoms with Crippen molar-refractivity contribution in [2.75, 3.05) is 19.8 Å². The molecule has 0 spiro atoms. The predicted octanol–water partition coefficient (Wildman–Crippen LogP) is 2.74. The average Bonchev–Trinajstić information content (AvgIpc) is 2.85. The third kappa shape index (κ3) is 2.66. The smallest absolute Gasteiger partial charge is 0.339 e. The van der Waals surface area contributed by atoms with E-state index in [0.29, 0.717) is 42.5 Å². The van der Waals surface area contributed by atoms with Crippen LogP contribution in [0.4, 0.5) is 0 Å². The Kier molecular flexibility index (Phi) is 3.94. The molecule has 1 atom stereocenters. The third-order valence-electron chi connectivity index (χ3n) is 4.05. The molecule has 1 fully saturated rings. The summed E-state index contributed by atoms with van der Waals surface area (Å²) in [6.45, 7) is 4.80. The van der Waals surface area contributed by atoms with Crippen LogP contribution in [0.15, 0.2) is 28.7 Å². The molecule has 3 rings (SSSR count). The second-order valence-electron chi connectivity index (χ2n) is 5.31. The Morgan fingerprint density at radius 1 is 1.43 bits per heavy atom. The number of carboxylic acid groups (broad SMARTS) is 1. The van der Waals surface area contributed by atoms with Crippen molar-refractivity contribution in [1.82, 2.24) is 4.90 Å². The Morgan fingerprint density at radius 3 is 3.00 bits per heavy atom. The maximum atomic E-state index is 11.6. The molecule has 0 amide bonds. The lowest BCUT2D eigenvalue weighted by Gasteiger charge is -2.34. The summed E-state index contributed by atoms with van der Waals surface area (Å²) >= 11 is 0. The Balaban J connectivity index is 1.96. The van der Waals surface area contributed by atoms with E-state index in [4.69, 9.17) is 9.15 Å². The third-order valence-corrected chi connectivity index (χ3v) is 4.05. The lowest BCUT2D eigenvalue weighted by Crippen LogP contribution is -2.44. The van der Waals surface area contributed by atoms with Crippen molar-refractivity contribution in [2.24, 2.45) is 0 Å². The van der Waals surface area contributed by atoms with Gasteiger partial charge in [0.25, 0.3) is 0 Å². The molecule has 1 unspecified atom stereocenters. The Labute approximate surface area is 123 Å². The van der Waals surface area contributed by atoms with Crippen molar-refractivity contribution >= 4 is 16.9 Å². The molecule has 1 aromatic carbocycles. The summed E-state index contributed by atoms with van der Waals surface area (Å²) in [5.74, 6) is -0.402. The minimum absolute atomic E-state index is 0.284. The molecule has 0 bridgehead atoms. The number of hydrogen-bond acceptors (Lipinski definition) is 4. The van der Waals surface area contributed by atoms with Gasteiger partial charge in [0.2, 0.25) is 0 Å². The number of benzene rings is 1. The number of aromatic carboxylic acids is 1. The maximum Gasteiger partial charge on any atom is 0.339 e. The van der Waals surface area contributed by atoms with Crippen LogP contribution >= 0.6 is 0 Å². The predicted molar refractivity (Wildman–Crippen MR) is 78.5 cm³/mol. The molecule has 0 aliphatic carbocycles. The molecule has 2 heterocycles. The van der Waals surface area contributed by atoms with Crippen molar-refractivity contribution in [3.63, 3.8) is 0 Å². The van der Waals surface area contributed by atoms with Gasteiger partial charge in [0.05, 0.1) is 19.8 Å². The van der Waals surface area contributed by atoms with Crippen molar-refractivity contribution in [3.05, 3.63) is 35.6 Å². The van der Waals surface area contributed by atoms with E-state index < -0.39 is 5.97 Å². The first kappa shape index (κ1) is 14.1. The van der Waals surface area contributed by atoms with Gasteiger partial charge in [-0.15, -0.1) is 0 Å². The standard InChI is InChI=1S/C16H19NO4/c1-2-11-10-20-8-7-17(11)9-14-15(16(18)19)12-5-3-4-6-13(12)21-14/h3-6,11H,2,7-10H2,1H3,(H,18,19). The first-order valence-corrected chi connectivity index (χ1v) is 7.26. The van der Waals surface area contributed by atoms with Crippen LogP contribution in [0.3, 0.4) is 0 Å². The quantitative estimate of drug-likeness (QED) is 0.937. The molecule has 0 saturated carbocycles. The monoisotopic (exact) mass is 289 g/mol. The second-order valence-corrected chi connectivity index (χ2v) is 5.31. The van der Waals surface area contributed by atoms with Crippen molar-refractivity contribution in [2.45, 2.75) is 25.9 Å². The van der Waals surface area contributed by atoms with Gasteiger partial charge < -0.3 is 14.3 Å². The van der Waals surface area contributed by atoms with Crippen LogP contribution < -0.4 is 0 Å². The SMILES string of the molecule is CCC1COCCN1Cc1oc2ccccc2c1C(=O)O. The minimum Gasteiger partial charge on any atom is -0.478 e. The number of hydrogen-bond donors (Lipinski definition) is 1. The number of fused-ring (bicyclic) bond motifs is 1. The van der Waals surface area contributed by atoms with E-state index in [0.717, 1.165) is 13.0 Å². The normalized spacial score (nSPS) is 20.0. The molecule has 1 aromatic heterocycles. The van der Waals surface area contributed by atoms with Crippen LogP contribution in [0.25, 0.3) is 11.0 Å². The fourth-order valence-corrected chi connectivity index (χ4v) is 2.90. The second kappa shape index (κ2) is 5.87. The molecule has 5 heteroatoms. The van der Waals surface area contributed by atoms with Gasteiger partial charge in [-0.05, 0) is 12.5 Å². The van der Waals surface area contributed by atoms with Crippen LogP contribution in [-0.4, -0.2) is 41.8 Å². The van der Waals surface area contributed by atoms with E-state index in [9.17, 15) is 9.90 Å². The number of nitrogens with zero attached hydrogens (tertiary/aromatic N) is 1. The van der Waals surface area contributed by atoms with Crippen LogP contribution in [-0.2, 0) is 11.3 Å². The number of carbonyl (C=O) groups is 1. The van der Waals surface area contributed by atoms with Gasteiger partial charge in [0.1, 0.15) is 16.9 Å². The highest BCUT2D eigenvalue weighted by atomic mass is 16.5. The molecule has 2 aromatic rings. The number of furan rings is 1. The van der Waals surface area contributed by atoms with E-state index in [2.05, 4.69) is 11.8 Å². The van der Waals surface area contributed by atoms with Crippen molar-refractivity contribution in [3.8, 4) is 0 Å². The summed E-state index contributed by atoms with van der Waals surface area (Å²) in [6.07, 6.45) is 0.975. The molecule has 112 valence electrons. The summed E-state index contributed by atoms with van der Waals surface area (Å²) in [6, 6.07) is 7.60. The van der Waals surface area contributed by atoms with Crippen LogP contribution in [0.1, 0.15) is 29.5 Å². The summed E-state index contributed by atoms with van der Waals surface area (Å²) in [4.78, 5) is 13.8. The molecule has 5 nitrogen and oxygen atoms in total. The van der Waals surface area contributed by atoms with Gasteiger partial charge in [-0.1, -0.05) is 25.1 Å². The number of morpholine rings is 1. The minimum atomic E-state index is -0.934. The molecule has 1 N–H and O–H groups in total. The molecular weight excluding hydrogens is 270 g/mol. The summed E-state index contributed by atoms with van der Waals surface area (Å²) in [5, 5.41) is 10.2. The zero-order valence-electron chi connectivity index (χ0n) is 12.0. The van der Waals surface area contributed by atoms with E-state index in [1.165, 1.54) is 0 Å². The van der Waals surface area contributed by atoms with E-state index in [1.807, 2.05) is 18.2 Å². The highest BCUT2D eigenvalue weighted by molar-refractivity contribution is 6.03. The highest BCUT2D eigenvalue weighted by Gasteiger charge is 2.26. The lowest BCUT2D eigenvalue weighted by molar-refractivity contribution is -0.0153. The van der Waals surface area contributed by atoms with Crippen LogP contribution in [0, 0.1) is 0 Å². The zero-order valence-corrected chi connectivity index (χ0v) is 12.0. The topological polar surface area (TPSA) is 62.9 Å². The molecular formula is C16H19NO4. The highest BCUT2D eigenvalue weighted by Crippen LogP contribution is 2.28. The van der Waals surface area contributed by atoms with Crippen LogP contribution in [0.5, 0.6) is 0 Å². The molecule has 1 aliphatic heterocycles. The number of para-hydroxylation sites is 1. The van der Waals surface area contributed by atoms with Gasteiger partial charge in [0, 0.05) is 18.0 Å². The van der Waals surface area contributed by atoms with E-state index in [1.54, 1.807) is 6.07 Å². The molecule has 0 radical (unpaired) electrons. The summed E-state index contributed by atoms with van der Waals surface area (Å²) < 4.78 is 11.3. The number of rotatable bonds is 4. The summed E-state index contributed by atoms with van der Waals surface area (Å²) in [7, 11) is 0. The largest absolute Gasteiger partial charge is 0.478 e. The average molecular weight is 289 g/mol. The van der Waals surface area contributed by atoms with Gasteiger partial charge >= 0.3 is 5.97 Å².